The Labute approximate surface area is 141 Å². The Morgan fingerprint density at radius 1 is 1.22 bits per heavy atom. The Bertz CT molecular complexity index is 607. The highest BCUT2D eigenvalue weighted by molar-refractivity contribution is 7.10. The molecule has 2 N–H and O–H groups in total. The van der Waals surface area contributed by atoms with E-state index in [4.69, 9.17) is 9.84 Å². The van der Waals surface area contributed by atoms with E-state index in [-0.39, 0.29) is 6.42 Å². The fourth-order valence-corrected chi connectivity index (χ4v) is 2.92. The zero-order valence-corrected chi connectivity index (χ0v) is 14.2. The molecule has 0 spiro atoms. The number of nitrogens with one attached hydrogen (secondary N) is 1. The Hall–Kier alpha value is -2.01. The first kappa shape index (κ1) is 17.3. The maximum Gasteiger partial charge on any atom is 0.303 e. The number of aliphatic carboxylic acids is 1. The molecule has 0 bridgehead atoms. The number of unbranched alkanes of at least 4 members (excludes halogenated alkanes) is 2. The van der Waals surface area contributed by atoms with Crippen molar-refractivity contribution in [3.8, 4) is 5.75 Å². The number of carboxylic acid groups (broad SMARTS) is 1. The average Bonchev–Trinajstić information content (AvgIpc) is 2.95. The summed E-state index contributed by atoms with van der Waals surface area (Å²) >= 11 is 1.77. The molecule has 0 fully saturated rings. The minimum absolute atomic E-state index is 0.240. The van der Waals surface area contributed by atoms with Gasteiger partial charge in [-0.3, -0.25) is 4.79 Å². The van der Waals surface area contributed by atoms with Gasteiger partial charge in [-0.25, -0.2) is 0 Å². The number of carboxylic acids is 1. The Balaban J connectivity index is 1.65. The zero-order valence-electron chi connectivity index (χ0n) is 13.4. The number of anilines is 1. The van der Waals surface area contributed by atoms with Crippen molar-refractivity contribution in [3.63, 3.8) is 0 Å². The maximum atomic E-state index is 10.4. The second kappa shape index (κ2) is 9.20. The third kappa shape index (κ3) is 6.74. The van der Waals surface area contributed by atoms with Crippen molar-refractivity contribution >= 4 is 23.0 Å². The molecular formula is C18H23NO3S. The smallest absolute Gasteiger partial charge is 0.303 e. The van der Waals surface area contributed by atoms with E-state index in [0.717, 1.165) is 30.8 Å². The minimum atomic E-state index is -0.730. The molecule has 2 aromatic rings. The lowest BCUT2D eigenvalue weighted by Gasteiger charge is -2.08. The van der Waals surface area contributed by atoms with Crippen LogP contribution in [0.3, 0.4) is 0 Å². The van der Waals surface area contributed by atoms with Crippen LogP contribution in [0.4, 0.5) is 5.69 Å². The summed E-state index contributed by atoms with van der Waals surface area (Å²) in [5, 5.41) is 14.1. The largest absolute Gasteiger partial charge is 0.494 e. The molecule has 0 radical (unpaired) electrons. The number of benzene rings is 1. The molecule has 0 saturated heterocycles. The van der Waals surface area contributed by atoms with Crippen LogP contribution in [0.1, 0.15) is 36.1 Å². The van der Waals surface area contributed by atoms with Gasteiger partial charge < -0.3 is 15.2 Å². The van der Waals surface area contributed by atoms with Gasteiger partial charge in [-0.1, -0.05) is 0 Å². The van der Waals surface area contributed by atoms with E-state index < -0.39 is 5.97 Å². The van der Waals surface area contributed by atoms with Crippen LogP contribution in [-0.2, 0) is 11.3 Å². The highest BCUT2D eigenvalue weighted by Gasteiger charge is 1.99. The van der Waals surface area contributed by atoms with Crippen molar-refractivity contribution in [3.05, 3.63) is 46.2 Å². The van der Waals surface area contributed by atoms with E-state index in [1.165, 1.54) is 10.4 Å². The standard InChI is InChI=1S/C18H23NO3S/c1-14-11-15(13-23-14)12-19-16-6-8-17(9-7-16)22-10-4-2-3-5-18(20)21/h6-9,11,13,19H,2-5,10,12H2,1H3,(H,20,21). The van der Waals surface area contributed by atoms with Crippen molar-refractivity contribution in [2.75, 3.05) is 11.9 Å². The number of ether oxygens (including phenoxy) is 1. The Morgan fingerprint density at radius 3 is 2.65 bits per heavy atom. The molecule has 1 heterocycles. The predicted molar refractivity (Wildman–Crippen MR) is 94.4 cm³/mol. The van der Waals surface area contributed by atoms with Crippen LogP contribution in [0, 0.1) is 6.92 Å². The SMILES string of the molecule is Cc1cc(CNc2ccc(OCCCCCC(=O)O)cc2)cs1. The van der Waals surface area contributed by atoms with Crippen LogP contribution in [0.2, 0.25) is 0 Å². The number of rotatable bonds is 10. The van der Waals surface area contributed by atoms with Gasteiger partial charge in [0, 0.05) is 23.5 Å². The van der Waals surface area contributed by atoms with Gasteiger partial charge in [-0.2, -0.15) is 0 Å². The first-order valence-electron chi connectivity index (χ1n) is 7.86. The Kier molecular flexibility index (Phi) is 6.94. The monoisotopic (exact) mass is 333 g/mol. The van der Waals surface area contributed by atoms with Crippen LogP contribution in [0.25, 0.3) is 0 Å². The molecule has 0 aliphatic heterocycles. The van der Waals surface area contributed by atoms with Gasteiger partial charge in [-0.15, -0.1) is 11.3 Å². The lowest BCUT2D eigenvalue weighted by Crippen LogP contribution is -2.00. The predicted octanol–water partition coefficient (Wildman–Crippen LogP) is 4.69. The fraction of sp³-hybridized carbons (Fsp3) is 0.389. The van der Waals surface area contributed by atoms with Crippen molar-refractivity contribution < 1.29 is 14.6 Å². The van der Waals surface area contributed by atoms with E-state index in [1.54, 1.807) is 11.3 Å². The Morgan fingerprint density at radius 2 is 2.00 bits per heavy atom. The molecule has 0 saturated carbocycles. The molecule has 5 heteroatoms. The zero-order chi connectivity index (χ0) is 16.5. The summed E-state index contributed by atoms with van der Waals surface area (Å²) in [6.07, 6.45) is 2.71. The summed E-state index contributed by atoms with van der Waals surface area (Å²) in [6.45, 7) is 3.57. The van der Waals surface area contributed by atoms with Gasteiger partial charge >= 0.3 is 5.97 Å². The normalized spacial score (nSPS) is 10.5. The molecule has 0 unspecified atom stereocenters. The molecule has 1 aromatic heterocycles. The van der Waals surface area contributed by atoms with E-state index in [0.29, 0.717) is 13.0 Å². The lowest BCUT2D eigenvalue weighted by molar-refractivity contribution is -0.137. The van der Waals surface area contributed by atoms with Crippen LogP contribution < -0.4 is 10.1 Å². The molecular weight excluding hydrogens is 310 g/mol. The second-order valence-electron chi connectivity index (χ2n) is 5.50. The number of aryl methyl sites for hydroxylation is 1. The first-order valence-corrected chi connectivity index (χ1v) is 8.74. The van der Waals surface area contributed by atoms with Crippen LogP contribution >= 0.6 is 11.3 Å². The summed E-state index contributed by atoms with van der Waals surface area (Å²) in [5.41, 5.74) is 2.37. The lowest BCUT2D eigenvalue weighted by atomic mass is 10.2. The van der Waals surface area contributed by atoms with Crippen LogP contribution in [0.5, 0.6) is 5.75 Å². The molecule has 1 aromatic carbocycles. The van der Waals surface area contributed by atoms with Crippen LogP contribution in [0.15, 0.2) is 35.7 Å². The van der Waals surface area contributed by atoms with Gasteiger partial charge in [0.05, 0.1) is 6.61 Å². The van der Waals surface area contributed by atoms with Gasteiger partial charge in [-0.05, 0) is 67.5 Å². The number of thiophene rings is 1. The third-order valence-electron chi connectivity index (χ3n) is 3.44. The molecule has 124 valence electrons. The van der Waals surface area contributed by atoms with E-state index in [9.17, 15) is 4.79 Å². The second-order valence-corrected chi connectivity index (χ2v) is 6.61. The molecule has 2 rings (SSSR count). The fourth-order valence-electron chi connectivity index (χ4n) is 2.21. The maximum absolute atomic E-state index is 10.4. The molecule has 0 atom stereocenters. The van der Waals surface area contributed by atoms with Gasteiger partial charge in [0.2, 0.25) is 0 Å². The molecule has 0 aliphatic rings. The quantitative estimate of drug-likeness (QED) is 0.619. The summed E-state index contributed by atoms with van der Waals surface area (Å²) in [7, 11) is 0. The van der Waals surface area contributed by atoms with Crippen molar-refractivity contribution in [1.82, 2.24) is 0 Å². The van der Waals surface area contributed by atoms with Crippen molar-refractivity contribution in [1.29, 1.82) is 0 Å². The highest BCUT2D eigenvalue weighted by Crippen LogP contribution is 2.18. The van der Waals surface area contributed by atoms with Gasteiger partial charge in [0.15, 0.2) is 0 Å². The van der Waals surface area contributed by atoms with Crippen molar-refractivity contribution in [2.45, 2.75) is 39.2 Å². The van der Waals surface area contributed by atoms with E-state index >= 15 is 0 Å². The van der Waals surface area contributed by atoms with Crippen LogP contribution in [-0.4, -0.2) is 17.7 Å². The average molecular weight is 333 g/mol. The summed E-state index contributed by atoms with van der Waals surface area (Å²) in [6, 6.07) is 10.1. The van der Waals surface area contributed by atoms with Gasteiger partial charge in [0.25, 0.3) is 0 Å². The minimum Gasteiger partial charge on any atom is -0.494 e. The van der Waals surface area contributed by atoms with E-state index in [1.807, 2.05) is 24.3 Å². The summed E-state index contributed by atoms with van der Waals surface area (Å²) < 4.78 is 5.66. The summed E-state index contributed by atoms with van der Waals surface area (Å²) in [5.74, 6) is 0.117. The van der Waals surface area contributed by atoms with Gasteiger partial charge in [0.1, 0.15) is 5.75 Å². The molecule has 23 heavy (non-hydrogen) atoms. The number of carbonyl (C=O) groups is 1. The number of hydrogen-bond donors (Lipinski definition) is 2. The topological polar surface area (TPSA) is 58.6 Å². The highest BCUT2D eigenvalue weighted by atomic mass is 32.1. The molecule has 0 amide bonds. The number of hydrogen-bond acceptors (Lipinski definition) is 4. The van der Waals surface area contributed by atoms with E-state index in [2.05, 4.69) is 23.7 Å². The molecule has 4 nitrogen and oxygen atoms in total. The third-order valence-corrected chi connectivity index (χ3v) is 4.35. The molecule has 0 aliphatic carbocycles. The van der Waals surface area contributed by atoms with Crippen molar-refractivity contribution in [2.24, 2.45) is 0 Å². The first-order chi connectivity index (χ1) is 11.1. The summed E-state index contributed by atoms with van der Waals surface area (Å²) in [4.78, 5) is 11.7.